The second-order valence-corrected chi connectivity index (χ2v) is 5.79. The smallest absolute Gasteiger partial charge is 0.0409 e. The predicted molar refractivity (Wildman–Crippen MR) is 68.0 cm³/mol. The molecule has 0 heterocycles. The Balaban J connectivity index is 2.10. The summed E-state index contributed by atoms with van der Waals surface area (Å²) < 4.78 is 0. The zero-order chi connectivity index (χ0) is 11.2. The van der Waals surface area contributed by atoms with E-state index < -0.39 is 0 Å². The molecule has 0 radical (unpaired) electrons. The third kappa shape index (κ3) is 1.42. The Kier molecular flexibility index (Phi) is 2.49. The van der Waals surface area contributed by atoms with Gasteiger partial charge < -0.3 is 5.73 Å². The summed E-state index contributed by atoms with van der Waals surface area (Å²) in [6.45, 7) is 0.759. The van der Waals surface area contributed by atoms with Crippen LogP contribution >= 0.6 is 11.6 Å². The molecule has 2 aliphatic carbocycles. The van der Waals surface area contributed by atoms with E-state index >= 15 is 0 Å². The second-order valence-electron chi connectivity index (χ2n) is 5.36. The number of hydrogen-bond acceptors (Lipinski definition) is 1. The van der Waals surface area contributed by atoms with Gasteiger partial charge in [0.1, 0.15) is 0 Å². The average molecular weight is 236 g/mol. The van der Waals surface area contributed by atoms with Crippen molar-refractivity contribution >= 4 is 11.6 Å². The fourth-order valence-electron chi connectivity index (χ4n) is 3.78. The van der Waals surface area contributed by atoms with Crippen LogP contribution in [0.3, 0.4) is 0 Å². The fourth-order valence-corrected chi connectivity index (χ4v) is 3.96. The van der Waals surface area contributed by atoms with Crippen LogP contribution in [-0.4, -0.2) is 6.54 Å². The van der Waals surface area contributed by atoms with E-state index in [2.05, 4.69) is 12.1 Å². The topological polar surface area (TPSA) is 26.0 Å². The highest BCUT2D eigenvalue weighted by Crippen LogP contribution is 2.54. The van der Waals surface area contributed by atoms with Crippen molar-refractivity contribution in [2.75, 3.05) is 6.54 Å². The number of benzene rings is 1. The maximum absolute atomic E-state index is 6.10. The van der Waals surface area contributed by atoms with Crippen LogP contribution in [0.2, 0.25) is 5.02 Å². The van der Waals surface area contributed by atoms with Gasteiger partial charge in [-0.15, -0.1) is 0 Å². The summed E-state index contributed by atoms with van der Waals surface area (Å²) in [4.78, 5) is 0. The highest BCUT2D eigenvalue weighted by molar-refractivity contribution is 6.30. The van der Waals surface area contributed by atoms with Crippen LogP contribution in [0.5, 0.6) is 0 Å². The summed E-state index contributed by atoms with van der Waals surface area (Å²) in [5.41, 5.74) is 9.33. The molecular formula is C14H18ClN. The van der Waals surface area contributed by atoms with Gasteiger partial charge in [-0.3, -0.25) is 0 Å². The third-order valence-corrected chi connectivity index (χ3v) is 4.74. The highest BCUT2D eigenvalue weighted by Gasteiger charge is 2.44. The predicted octanol–water partition coefficient (Wildman–Crippen LogP) is 3.60. The zero-order valence-electron chi connectivity index (χ0n) is 9.51. The van der Waals surface area contributed by atoms with E-state index in [0.717, 1.165) is 11.6 Å². The van der Waals surface area contributed by atoms with E-state index in [9.17, 15) is 0 Å². The van der Waals surface area contributed by atoms with Gasteiger partial charge in [0.05, 0.1) is 0 Å². The van der Waals surface area contributed by atoms with E-state index in [1.54, 1.807) is 5.56 Å². The van der Waals surface area contributed by atoms with Crippen LogP contribution < -0.4 is 5.73 Å². The number of hydrogen-bond donors (Lipinski definition) is 1. The molecule has 2 aliphatic rings. The minimum atomic E-state index is 0.448. The molecule has 16 heavy (non-hydrogen) atoms. The zero-order valence-corrected chi connectivity index (χ0v) is 10.3. The van der Waals surface area contributed by atoms with Gasteiger partial charge in [-0.05, 0) is 60.4 Å². The first-order valence-electron chi connectivity index (χ1n) is 6.25. The standard InChI is InChI=1S/C14H18ClN/c15-11-3-4-13-12(7-11)10(9-16)8-14(13)5-1-2-6-14/h3-4,7,10H,1-2,5-6,8-9,16H2. The molecule has 0 saturated heterocycles. The molecule has 1 atom stereocenters. The van der Waals surface area contributed by atoms with E-state index in [-0.39, 0.29) is 0 Å². The van der Waals surface area contributed by atoms with Crippen molar-refractivity contribution in [3.05, 3.63) is 34.3 Å². The summed E-state index contributed by atoms with van der Waals surface area (Å²) >= 11 is 6.10. The van der Waals surface area contributed by atoms with Crippen molar-refractivity contribution < 1.29 is 0 Å². The SMILES string of the molecule is NCC1CC2(CCCC2)c2ccc(Cl)cc21. The minimum Gasteiger partial charge on any atom is -0.330 e. The molecule has 0 bridgehead atoms. The van der Waals surface area contributed by atoms with Crippen LogP contribution in [0.15, 0.2) is 18.2 Å². The van der Waals surface area contributed by atoms with Crippen LogP contribution in [0, 0.1) is 0 Å². The largest absolute Gasteiger partial charge is 0.330 e. The summed E-state index contributed by atoms with van der Waals surface area (Å²) in [6, 6.07) is 6.43. The van der Waals surface area contributed by atoms with Crippen molar-refractivity contribution in [2.45, 2.75) is 43.4 Å². The van der Waals surface area contributed by atoms with Gasteiger partial charge in [0.15, 0.2) is 0 Å². The molecule has 3 rings (SSSR count). The monoisotopic (exact) mass is 235 g/mol. The number of fused-ring (bicyclic) bond motifs is 2. The Bertz CT molecular complexity index is 407. The van der Waals surface area contributed by atoms with Gasteiger partial charge in [0.2, 0.25) is 0 Å². The third-order valence-electron chi connectivity index (χ3n) is 4.51. The van der Waals surface area contributed by atoms with Crippen molar-refractivity contribution in [1.82, 2.24) is 0 Å². The van der Waals surface area contributed by atoms with Gasteiger partial charge in [-0.25, -0.2) is 0 Å². The maximum Gasteiger partial charge on any atom is 0.0409 e. The molecule has 0 amide bonds. The Morgan fingerprint density at radius 2 is 2.06 bits per heavy atom. The number of halogens is 1. The average Bonchev–Trinajstić information content (AvgIpc) is 2.86. The molecule has 0 aliphatic heterocycles. The quantitative estimate of drug-likeness (QED) is 0.791. The first-order valence-corrected chi connectivity index (χ1v) is 6.63. The van der Waals surface area contributed by atoms with Gasteiger partial charge in [-0.2, -0.15) is 0 Å². The molecule has 1 nitrogen and oxygen atoms in total. The lowest BCUT2D eigenvalue weighted by Gasteiger charge is -2.24. The van der Waals surface area contributed by atoms with Crippen molar-refractivity contribution in [2.24, 2.45) is 5.73 Å². The van der Waals surface area contributed by atoms with Gasteiger partial charge in [-0.1, -0.05) is 30.5 Å². The molecule has 0 aromatic heterocycles. The van der Waals surface area contributed by atoms with E-state index in [1.165, 1.54) is 37.7 Å². The summed E-state index contributed by atoms with van der Waals surface area (Å²) in [5, 5.41) is 0.854. The van der Waals surface area contributed by atoms with Crippen molar-refractivity contribution in [1.29, 1.82) is 0 Å². The number of rotatable bonds is 1. The van der Waals surface area contributed by atoms with E-state index in [4.69, 9.17) is 17.3 Å². The second kappa shape index (κ2) is 3.75. The lowest BCUT2D eigenvalue weighted by atomic mass is 9.80. The first kappa shape index (κ1) is 10.6. The Hall–Kier alpha value is -0.530. The summed E-state index contributed by atoms with van der Waals surface area (Å²) in [5.74, 6) is 0.534. The van der Waals surface area contributed by atoms with Crippen LogP contribution in [0.1, 0.15) is 49.1 Å². The molecule has 1 unspecified atom stereocenters. The van der Waals surface area contributed by atoms with Gasteiger partial charge in [0, 0.05) is 5.02 Å². The molecule has 1 aromatic rings. The number of nitrogens with two attached hydrogens (primary N) is 1. The van der Waals surface area contributed by atoms with Crippen molar-refractivity contribution in [3.63, 3.8) is 0 Å². The summed E-state index contributed by atoms with van der Waals surface area (Å²) in [6.07, 6.45) is 6.69. The molecule has 2 heteroatoms. The molecule has 1 saturated carbocycles. The van der Waals surface area contributed by atoms with Gasteiger partial charge >= 0.3 is 0 Å². The van der Waals surface area contributed by atoms with Crippen LogP contribution in [-0.2, 0) is 5.41 Å². The lowest BCUT2D eigenvalue weighted by molar-refractivity contribution is 0.410. The normalized spacial score (nSPS) is 26.2. The Morgan fingerprint density at radius 1 is 1.31 bits per heavy atom. The lowest BCUT2D eigenvalue weighted by Crippen LogP contribution is -2.19. The molecule has 1 fully saturated rings. The molecular weight excluding hydrogens is 218 g/mol. The maximum atomic E-state index is 6.10. The van der Waals surface area contributed by atoms with Crippen LogP contribution in [0.4, 0.5) is 0 Å². The van der Waals surface area contributed by atoms with Crippen molar-refractivity contribution in [3.8, 4) is 0 Å². The Labute approximate surface area is 102 Å². The first-order chi connectivity index (χ1) is 7.75. The van der Waals surface area contributed by atoms with Gasteiger partial charge in [0.25, 0.3) is 0 Å². The molecule has 1 spiro atoms. The van der Waals surface area contributed by atoms with Crippen LogP contribution in [0.25, 0.3) is 0 Å². The van der Waals surface area contributed by atoms with E-state index in [0.29, 0.717) is 11.3 Å². The Morgan fingerprint density at radius 3 is 2.75 bits per heavy atom. The summed E-state index contributed by atoms with van der Waals surface area (Å²) in [7, 11) is 0. The minimum absolute atomic E-state index is 0.448. The van der Waals surface area contributed by atoms with E-state index in [1.807, 2.05) is 6.07 Å². The highest BCUT2D eigenvalue weighted by atomic mass is 35.5. The fraction of sp³-hybridized carbons (Fsp3) is 0.571. The molecule has 86 valence electrons. The molecule has 1 aromatic carbocycles. The molecule has 2 N–H and O–H groups in total.